The van der Waals surface area contributed by atoms with E-state index in [1.54, 1.807) is 0 Å². The van der Waals surface area contributed by atoms with Gasteiger partial charge in [-0.05, 0) is 13.3 Å². The van der Waals surface area contributed by atoms with Crippen molar-refractivity contribution < 1.29 is 8.78 Å². The summed E-state index contributed by atoms with van der Waals surface area (Å²) in [5, 5.41) is 9.83. The van der Waals surface area contributed by atoms with Crippen LogP contribution >= 0.6 is 11.3 Å². The minimum absolute atomic E-state index is 0.337. The topological polar surface area (TPSA) is 85.8 Å². The molecular formula is C15H17F2N7S. The molecular weight excluding hydrogens is 348 g/mol. The third kappa shape index (κ3) is 3.07. The molecule has 1 fully saturated rings. The van der Waals surface area contributed by atoms with Crippen LogP contribution in [0, 0.1) is 12.7 Å². The summed E-state index contributed by atoms with van der Waals surface area (Å²) in [6, 6.07) is 0.769. The van der Waals surface area contributed by atoms with Crippen LogP contribution in [0.3, 0.4) is 0 Å². The van der Waals surface area contributed by atoms with Crippen molar-refractivity contribution in [2.24, 2.45) is 5.73 Å². The molecule has 0 amide bonds. The van der Waals surface area contributed by atoms with Gasteiger partial charge < -0.3 is 10.6 Å². The highest BCUT2D eigenvalue weighted by Crippen LogP contribution is 2.26. The number of piperidine rings is 1. The lowest BCUT2D eigenvalue weighted by Crippen LogP contribution is -2.50. The van der Waals surface area contributed by atoms with Gasteiger partial charge in [-0.25, -0.2) is 18.7 Å². The summed E-state index contributed by atoms with van der Waals surface area (Å²) in [6.45, 7) is 3.14. The van der Waals surface area contributed by atoms with Gasteiger partial charge in [0.25, 0.3) is 0 Å². The number of rotatable bonds is 3. The number of halogens is 2. The predicted molar refractivity (Wildman–Crippen MR) is 90.9 cm³/mol. The minimum Gasteiger partial charge on any atom is -0.340 e. The number of nitrogens with zero attached hydrogens (tertiary/aromatic N) is 6. The fourth-order valence-electron chi connectivity index (χ4n) is 3.03. The summed E-state index contributed by atoms with van der Waals surface area (Å²) in [4.78, 5) is 10.6. The Morgan fingerprint density at radius 1 is 1.40 bits per heavy atom. The molecule has 25 heavy (non-hydrogen) atoms. The smallest absolute Gasteiger partial charge is 0.208 e. The van der Waals surface area contributed by atoms with Crippen LogP contribution in [0.5, 0.6) is 0 Å². The molecule has 1 aliphatic rings. The normalized spacial score (nSPS) is 21.2. The number of pyridine rings is 1. The summed E-state index contributed by atoms with van der Waals surface area (Å²) in [5.41, 5.74) is 6.89. The Labute approximate surface area is 146 Å². The zero-order valence-electron chi connectivity index (χ0n) is 13.6. The molecule has 0 aromatic carbocycles. The number of imidazole rings is 1. The van der Waals surface area contributed by atoms with Gasteiger partial charge in [-0.2, -0.15) is 0 Å². The number of hydrogen-bond acceptors (Lipinski definition) is 7. The van der Waals surface area contributed by atoms with Gasteiger partial charge in [-0.3, -0.25) is 4.57 Å². The van der Waals surface area contributed by atoms with E-state index in [1.807, 2.05) is 16.4 Å². The van der Waals surface area contributed by atoms with Crippen LogP contribution in [0.2, 0.25) is 0 Å². The molecule has 0 spiro atoms. The maximum absolute atomic E-state index is 13.7. The Bertz CT molecular complexity index is 909. The number of aryl methyl sites for hydroxylation is 1. The monoisotopic (exact) mass is 365 g/mol. The fraction of sp³-hybridized carbons (Fsp3) is 0.467. The van der Waals surface area contributed by atoms with E-state index in [9.17, 15) is 8.78 Å². The van der Waals surface area contributed by atoms with E-state index in [0.29, 0.717) is 43.2 Å². The number of hydrogen-bond donors (Lipinski definition) is 1. The zero-order chi connectivity index (χ0) is 17.6. The standard InChI is InChI=1S/C15H17F2N7S/c1-8-21-22-13(25-8)7-24-14-12(4-9(16)5-19-14)20-15(24)23-3-2-10(17)11(18)6-23/h4-5,10-11H,2-3,6-7,18H2,1H3/t10?,11-/m1/s1. The van der Waals surface area contributed by atoms with Crippen molar-refractivity contribution in [3.05, 3.63) is 28.1 Å². The summed E-state index contributed by atoms with van der Waals surface area (Å²) < 4.78 is 29.1. The summed E-state index contributed by atoms with van der Waals surface area (Å²) in [5.74, 6) is 0.151. The molecule has 4 rings (SSSR count). The molecule has 132 valence electrons. The Morgan fingerprint density at radius 2 is 2.24 bits per heavy atom. The van der Waals surface area contributed by atoms with E-state index in [0.717, 1.165) is 16.2 Å². The van der Waals surface area contributed by atoms with Crippen molar-refractivity contribution in [1.29, 1.82) is 0 Å². The third-order valence-electron chi connectivity index (χ3n) is 4.25. The van der Waals surface area contributed by atoms with Gasteiger partial charge in [0, 0.05) is 19.2 Å². The zero-order valence-corrected chi connectivity index (χ0v) is 14.4. The van der Waals surface area contributed by atoms with Crippen molar-refractivity contribution in [2.45, 2.75) is 32.1 Å². The van der Waals surface area contributed by atoms with Crippen molar-refractivity contribution in [3.8, 4) is 0 Å². The number of fused-ring (bicyclic) bond motifs is 1. The molecule has 3 aromatic rings. The van der Waals surface area contributed by atoms with Gasteiger partial charge in [0.2, 0.25) is 5.95 Å². The van der Waals surface area contributed by atoms with E-state index in [2.05, 4.69) is 20.2 Å². The first kappa shape index (κ1) is 16.3. The minimum atomic E-state index is -1.02. The van der Waals surface area contributed by atoms with Gasteiger partial charge >= 0.3 is 0 Å². The van der Waals surface area contributed by atoms with E-state index >= 15 is 0 Å². The highest BCUT2D eigenvalue weighted by molar-refractivity contribution is 7.11. The van der Waals surface area contributed by atoms with Crippen molar-refractivity contribution in [1.82, 2.24) is 24.7 Å². The van der Waals surface area contributed by atoms with Crippen LogP contribution in [0.1, 0.15) is 16.4 Å². The first-order valence-corrected chi connectivity index (χ1v) is 8.78. The van der Waals surface area contributed by atoms with Crippen LogP contribution in [0.25, 0.3) is 11.2 Å². The molecule has 0 aliphatic carbocycles. The molecule has 1 unspecified atom stereocenters. The van der Waals surface area contributed by atoms with Crippen molar-refractivity contribution in [3.63, 3.8) is 0 Å². The van der Waals surface area contributed by atoms with Crippen LogP contribution in [-0.2, 0) is 6.54 Å². The lowest BCUT2D eigenvalue weighted by Gasteiger charge is -2.33. The second-order valence-electron chi connectivity index (χ2n) is 6.12. The van der Waals surface area contributed by atoms with E-state index in [-0.39, 0.29) is 0 Å². The van der Waals surface area contributed by atoms with Crippen molar-refractivity contribution in [2.75, 3.05) is 18.0 Å². The molecule has 4 heterocycles. The van der Waals surface area contributed by atoms with Crippen LogP contribution < -0.4 is 10.6 Å². The van der Waals surface area contributed by atoms with Crippen molar-refractivity contribution >= 4 is 28.4 Å². The Balaban J connectivity index is 1.77. The van der Waals surface area contributed by atoms with Gasteiger partial charge in [0.1, 0.15) is 27.5 Å². The number of alkyl halides is 1. The second kappa shape index (κ2) is 6.26. The molecule has 0 radical (unpaired) electrons. The molecule has 0 saturated carbocycles. The maximum atomic E-state index is 13.7. The van der Waals surface area contributed by atoms with Gasteiger partial charge in [-0.1, -0.05) is 11.3 Å². The van der Waals surface area contributed by atoms with Gasteiger partial charge in [0.15, 0.2) is 5.65 Å². The van der Waals surface area contributed by atoms with Gasteiger partial charge in [0.05, 0.1) is 18.8 Å². The highest BCUT2D eigenvalue weighted by Gasteiger charge is 2.29. The van der Waals surface area contributed by atoms with Crippen LogP contribution in [0.4, 0.5) is 14.7 Å². The summed E-state index contributed by atoms with van der Waals surface area (Å²) in [6.07, 6.45) is 0.481. The Kier molecular flexibility index (Phi) is 4.08. The van der Waals surface area contributed by atoms with Crippen LogP contribution in [0.15, 0.2) is 12.3 Å². The average molecular weight is 365 g/mol. The molecule has 2 N–H and O–H groups in total. The molecule has 0 bridgehead atoms. The second-order valence-corrected chi connectivity index (χ2v) is 7.39. The number of anilines is 1. The molecule has 3 aromatic heterocycles. The number of aromatic nitrogens is 5. The highest BCUT2D eigenvalue weighted by atomic mass is 32.1. The quantitative estimate of drug-likeness (QED) is 0.760. The maximum Gasteiger partial charge on any atom is 0.208 e. The third-order valence-corrected chi connectivity index (χ3v) is 5.07. The number of nitrogens with two attached hydrogens (primary N) is 1. The van der Waals surface area contributed by atoms with E-state index in [1.165, 1.54) is 17.4 Å². The molecule has 10 heteroatoms. The Hall–Kier alpha value is -2.20. The average Bonchev–Trinajstić information content (AvgIpc) is 3.14. The fourth-order valence-corrected chi connectivity index (χ4v) is 3.73. The molecule has 1 saturated heterocycles. The van der Waals surface area contributed by atoms with Gasteiger partial charge in [-0.15, -0.1) is 10.2 Å². The molecule has 2 atom stereocenters. The lowest BCUT2D eigenvalue weighted by molar-refractivity contribution is 0.243. The lowest BCUT2D eigenvalue weighted by atomic mass is 10.1. The molecule has 7 nitrogen and oxygen atoms in total. The van der Waals surface area contributed by atoms with Crippen LogP contribution in [-0.4, -0.2) is 50.0 Å². The summed E-state index contributed by atoms with van der Waals surface area (Å²) >= 11 is 1.48. The summed E-state index contributed by atoms with van der Waals surface area (Å²) in [7, 11) is 0. The predicted octanol–water partition coefficient (Wildman–Crippen LogP) is 1.65. The first-order valence-electron chi connectivity index (χ1n) is 7.96. The molecule has 1 aliphatic heterocycles. The largest absolute Gasteiger partial charge is 0.340 e. The Morgan fingerprint density at radius 3 is 2.96 bits per heavy atom. The SMILES string of the molecule is Cc1nnc(Cn2c(N3CCC(F)[C@H](N)C3)nc3cc(F)cnc32)s1. The van der Waals surface area contributed by atoms with E-state index < -0.39 is 18.0 Å². The first-order chi connectivity index (χ1) is 12.0. The van der Waals surface area contributed by atoms with E-state index in [4.69, 9.17) is 5.73 Å².